The van der Waals surface area contributed by atoms with Crippen LogP contribution in [0.15, 0.2) is 18.2 Å². The molecule has 2 nitrogen and oxygen atoms in total. The summed E-state index contributed by atoms with van der Waals surface area (Å²) < 4.78 is 36.9. The molecule has 0 aliphatic carbocycles. The predicted octanol–water partition coefficient (Wildman–Crippen LogP) is 2.79. The number of carbonyl (C=O) groups excluding carboxylic acids is 1. The third-order valence-electron chi connectivity index (χ3n) is 1.54. The maximum Gasteiger partial charge on any atom is 0.420 e. The highest BCUT2D eigenvalue weighted by molar-refractivity contribution is 6.68. The molecule has 0 unspecified atom stereocenters. The Labute approximate surface area is 81.9 Å². The number of hydrogen-bond acceptors (Lipinski definition) is 2. The molecular formula is C8H4ClF3O2. The number of benzene rings is 1. The van der Waals surface area contributed by atoms with Gasteiger partial charge in [0.25, 0.3) is 5.24 Å². The second kappa shape index (κ2) is 3.49. The van der Waals surface area contributed by atoms with E-state index in [1.165, 1.54) is 0 Å². The quantitative estimate of drug-likeness (QED) is 0.745. The molecule has 1 N–H and O–H groups in total. The van der Waals surface area contributed by atoms with E-state index in [4.69, 9.17) is 16.7 Å². The molecule has 0 aliphatic rings. The Morgan fingerprint density at radius 1 is 1.36 bits per heavy atom. The largest absolute Gasteiger partial charge is 0.507 e. The molecule has 0 spiro atoms. The zero-order valence-electron chi connectivity index (χ0n) is 6.60. The van der Waals surface area contributed by atoms with Crippen LogP contribution in [0.3, 0.4) is 0 Å². The summed E-state index contributed by atoms with van der Waals surface area (Å²) in [4.78, 5) is 10.6. The topological polar surface area (TPSA) is 37.3 Å². The van der Waals surface area contributed by atoms with E-state index in [1.807, 2.05) is 0 Å². The van der Waals surface area contributed by atoms with Crippen molar-refractivity contribution in [3.63, 3.8) is 0 Å². The Kier molecular flexibility index (Phi) is 2.71. The second-order valence-electron chi connectivity index (χ2n) is 2.47. The summed E-state index contributed by atoms with van der Waals surface area (Å²) in [6.07, 6.45) is -4.80. The molecule has 6 heteroatoms. The molecule has 0 aromatic heterocycles. The minimum atomic E-state index is -4.80. The van der Waals surface area contributed by atoms with Gasteiger partial charge in [-0.1, -0.05) is 6.07 Å². The van der Waals surface area contributed by atoms with Crippen LogP contribution in [0.1, 0.15) is 15.9 Å². The van der Waals surface area contributed by atoms with Crippen molar-refractivity contribution < 1.29 is 23.1 Å². The van der Waals surface area contributed by atoms with Gasteiger partial charge in [0, 0.05) is 5.56 Å². The molecule has 0 radical (unpaired) electrons. The molecular weight excluding hydrogens is 221 g/mol. The van der Waals surface area contributed by atoms with Crippen LogP contribution in [0.5, 0.6) is 5.75 Å². The smallest absolute Gasteiger partial charge is 0.420 e. The fraction of sp³-hybridized carbons (Fsp3) is 0.125. The lowest BCUT2D eigenvalue weighted by Crippen LogP contribution is -2.11. The number of phenolic OH excluding ortho intramolecular Hbond substituents is 1. The lowest BCUT2D eigenvalue weighted by Gasteiger charge is -2.11. The van der Waals surface area contributed by atoms with Crippen molar-refractivity contribution in [3.05, 3.63) is 29.3 Å². The highest BCUT2D eigenvalue weighted by atomic mass is 35.5. The predicted molar refractivity (Wildman–Crippen MR) is 43.3 cm³/mol. The Balaban J connectivity index is 3.45. The van der Waals surface area contributed by atoms with E-state index in [2.05, 4.69) is 0 Å². The fourth-order valence-corrected chi connectivity index (χ4v) is 1.16. The molecule has 1 aromatic rings. The summed E-state index contributed by atoms with van der Waals surface area (Å²) in [6.45, 7) is 0. The van der Waals surface area contributed by atoms with Crippen molar-refractivity contribution in [1.29, 1.82) is 0 Å². The van der Waals surface area contributed by atoms with Gasteiger partial charge in [-0.25, -0.2) is 0 Å². The SMILES string of the molecule is O=C(Cl)c1cccc(O)c1C(F)(F)F. The van der Waals surface area contributed by atoms with Gasteiger partial charge in [-0.05, 0) is 23.7 Å². The third kappa shape index (κ3) is 1.98. The molecule has 0 atom stereocenters. The van der Waals surface area contributed by atoms with Crippen LogP contribution >= 0.6 is 11.6 Å². The summed E-state index contributed by atoms with van der Waals surface area (Å²) in [6, 6.07) is 2.85. The number of aromatic hydroxyl groups is 1. The van der Waals surface area contributed by atoms with Gasteiger partial charge >= 0.3 is 6.18 Å². The lowest BCUT2D eigenvalue weighted by molar-refractivity contribution is -0.139. The number of halogens is 4. The molecule has 76 valence electrons. The second-order valence-corrected chi connectivity index (χ2v) is 2.81. The van der Waals surface area contributed by atoms with Crippen molar-refractivity contribution in [2.75, 3.05) is 0 Å². The van der Waals surface area contributed by atoms with Gasteiger partial charge in [-0.2, -0.15) is 13.2 Å². The summed E-state index contributed by atoms with van der Waals surface area (Å²) in [7, 11) is 0. The van der Waals surface area contributed by atoms with Gasteiger partial charge in [0.15, 0.2) is 0 Å². The number of rotatable bonds is 1. The monoisotopic (exact) mass is 224 g/mol. The van der Waals surface area contributed by atoms with Crippen LogP contribution in [0.4, 0.5) is 13.2 Å². The van der Waals surface area contributed by atoms with E-state index in [0.29, 0.717) is 0 Å². The van der Waals surface area contributed by atoms with E-state index in [9.17, 15) is 18.0 Å². The molecule has 0 bridgehead atoms. The Bertz CT molecular complexity index is 373. The Hall–Kier alpha value is -1.23. The van der Waals surface area contributed by atoms with Crippen LogP contribution in [-0.4, -0.2) is 10.3 Å². The van der Waals surface area contributed by atoms with E-state index in [-0.39, 0.29) is 0 Å². The molecule has 0 heterocycles. The number of hydrogen-bond donors (Lipinski definition) is 1. The van der Waals surface area contributed by atoms with E-state index >= 15 is 0 Å². The average molecular weight is 225 g/mol. The molecule has 0 aliphatic heterocycles. The summed E-state index contributed by atoms with van der Waals surface area (Å²) >= 11 is 4.94. The summed E-state index contributed by atoms with van der Waals surface area (Å²) in [5, 5.41) is 7.69. The minimum absolute atomic E-state index is 0.751. The van der Waals surface area contributed by atoms with Gasteiger partial charge in [0.05, 0.1) is 0 Å². The van der Waals surface area contributed by atoms with E-state index in [1.54, 1.807) is 0 Å². The third-order valence-corrected chi connectivity index (χ3v) is 1.74. The highest BCUT2D eigenvalue weighted by Gasteiger charge is 2.37. The molecule has 0 amide bonds. The highest BCUT2D eigenvalue weighted by Crippen LogP contribution is 2.38. The van der Waals surface area contributed by atoms with Gasteiger partial charge in [0.1, 0.15) is 11.3 Å². The number of carbonyl (C=O) groups is 1. The van der Waals surface area contributed by atoms with Crippen LogP contribution < -0.4 is 0 Å². The standard InChI is InChI=1S/C8H4ClF3O2/c9-7(14)4-2-1-3-5(13)6(4)8(10,11)12/h1-3,13H. The first kappa shape index (κ1) is 10.8. The molecule has 1 aromatic carbocycles. The Morgan fingerprint density at radius 3 is 2.29 bits per heavy atom. The molecule has 0 saturated heterocycles. The summed E-state index contributed by atoms with van der Waals surface area (Å²) in [5.41, 5.74) is -2.15. The first-order chi connectivity index (χ1) is 6.34. The molecule has 14 heavy (non-hydrogen) atoms. The van der Waals surface area contributed by atoms with Gasteiger partial charge in [-0.15, -0.1) is 0 Å². The lowest BCUT2D eigenvalue weighted by atomic mass is 10.1. The van der Waals surface area contributed by atoms with Crippen LogP contribution in [0.25, 0.3) is 0 Å². The van der Waals surface area contributed by atoms with Crippen LogP contribution in [-0.2, 0) is 6.18 Å². The van der Waals surface area contributed by atoms with Crippen molar-refractivity contribution >= 4 is 16.8 Å². The van der Waals surface area contributed by atoms with Crippen LogP contribution in [0, 0.1) is 0 Å². The van der Waals surface area contributed by atoms with Gasteiger partial charge in [0.2, 0.25) is 0 Å². The van der Waals surface area contributed by atoms with Crippen molar-refractivity contribution in [2.24, 2.45) is 0 Å². The molecule has 1 rings (SSSR count). The Morgan fingerprint density at radius 2 is 1.93 bits per heavy atom. The number of alkyl halides is 3. The molecule has 0 fully saturated rings. The first-order valence-corrected chi connectivity index (χ1v) is 3.81. The zero-order chi connectivity index (χ0) is 10.9. The van der Waals surface area contributed by atoms with E-state index < -0.39 is 28.3 Å². The van der Waals surface area contributed by atoms with Gasteiger partial charge < -0.3 is 5.11 Å². The van der Waals surface area contributed by atoms with Crippen molar-refractivity contribution in [1.82, 2.24) is 0 Å². The maximum absolute atomic E-state index is 12.3. The average Bonchev–Trinajstić information content (AvgIpc) is 2.01. The maximum atomic E-state index is 12.3. The number of phenols is 1. The molecule has 0 saturated carbocycles. The minimum Gasteiger partial charge on any atom is -0.507 e. The van der Waals surface area contributed by atoms with Gasteiger partial charge in [-0.3, -0.25) is 4.79 Å². The normalized spacial score (nSPS) is 11.4. The van der Waals surface area contributed by atoms with Crippen molar-refractivity contribution in [3.8, 4) is 5.75 Å². The fourth-order valence-electron chi connectivity index (χ4n) is 1.00. The van der Waals surface area contributed by atoms with Crippen molar-refractivity contribution in [2.45, 2.75) is 6.18 Å². The summed E-state index contributed by atoms with van der Waals surface area (Å²) in [5.74, 6) is -1.01. The first-order valence-electron chi connectivity index (χ1n) is 3.43. The zero-order valence-corrected chi connectivity index (χ0v) is 7.36. The van der Waals surface area contributed by atoms with E-state index in [0.717, 1.165) is 18.2 Å². The van der Waals surface area contributed by atoms with Crippen LogP contribution in [0.2, 0.25) is 0 Å².